The second kappa shape index (κ2) is 7.06. The van der Waals surface area contributed by atoms with Gasteiger partial charge in [0.2, 0.25) is 5.82 Å². The van der Waals surface area contributed by atoms with Gasteiger partial charge in [-0.05, 0) is 30.0 Å². The number of hydrogen-bond donors (Lipinski definition) is 0. The standard InChI is InChI=1S/C13H18FNO3/c1-3-4-10(2)8-18-9-11-5-6-13(15(16)17)12(14)7-11/h5-7,10H,3-4,8-9H2,1-2H3. The summed E-state index contributed by atoms with van der Waals surface area (Å²) in [6, 6.07) is 3.85. The van der Waals surface area contributed by atoms with E-state index in [0.717, 1.165) is 18.9 Å². The average molecular weight is 255 g/mol. The molecule has 0 aromatic heterocycles. The van der Waals surface area contributed by atoms with Gasteiger partial charge in [-0.1, -0.05) is 20.3 Å². The highest BCUT2D eigenvalue weighted by Crippen LogP contribution is 2.18. The van der Waals surface area contributed by atoms with Crippen molar-refractivity contribution in [3.63, 3.8) is 0 Å². The van der Waals surface area contributed by atoms with Crippen LogP contribution in [-0.4, -0.2) is 11.5 Å². The van der Waals surface area contributed by atoms with Crippen LogP contribution in [0.15, 0.2) is 18.2 Å². The van der Waals surface area contributed by atoms with Crippen molar-refractivity contribution < 1.29 is 14.1 Å². The van der Waals surface area contributed by atoms with E-state index >= 15 is 0 Å². The van der Waals surface area contributed by atoms with Crippen LogP contribution >= 0.6 is 0 Å². The lowest BCUT2D eigenvalue weighted by Gasteiger charge is -2.10. The van der Waals surface area contributed by atoms with Crippen molar-refractivity contribution in [1.82, 2.24) is 0 Å². The number of hydrogen-bond acceptors (Lipinski definition) is 3. The lowest BCUT2D eigenvalue weighted by atomic mass is 10.1. The maximum Gasteiger partial charge on any atom is 0.304 e. The van der Waals surface area contributed by atoms with E-state index in [1.54, 1.807) is 0 Å². The summed E-state index contributed by atoms with van der Waals surface area (Å²) in [5, 5.41) is 10.4. The Morgan fingerprint density at radius 2 is 2.22 bits per heavy atom. The van der Waals surface area contributed by atoms with Gasteiger partial charge in [0.25, 0.3) is 0 Å². The van der Waals surface area contributed by atoms with Gasteiger partial charge < -0.3 is 4.74 Å². The first-order chi connectivity index (χ1) is 8.54. The Labute approximate surface area is 106 Å². The van der Waals surface area contributed by atoms with Gasteiger partial charge in [0.15, 0.2) is 0 Å². The summed E-state index contributed by atoms with van der Waals surface area (Å²) < 4.78 is 18.8. The molecule has 18 heavy (non-hydrogen) atoms. The molecule has 1 atom stereocenters. The molecule has 5 heteroatoms. The molecular weight excluding hydrogens is 237 g/mol. The molecule has 4 nitrogen and oxygen atoms in total. The Kier molecular flexibility index (Phi) is 5.71. The molecule has 1 aromatic carbocycles. The molecule has 100 valence electrons. The zero-order valence-electron chi connectivity index (χ0n) is 10.7. The molecule has 0 saturated heterocycles. The molecule has 1 aromatic rings. The van der Waals surface area contributed by atoms with Crippen molar-refractivity contribution in [3.8, 4) is 0 Å². The SMILES string of the molecule is CCCC(C)COCc1ccc([N+](=O)[O-])c(F)c1. The smallest absolute Gasteiger partial charge is 0.304 e. The summed E-state index contributed by atoms with van der Waals surface area (Å²) in [6.45, 7) is 5.11. The van der Waals surface area contributed by atoms with Crippen LogP contribution in [0.3, 0.4) is 0 Å². The maximum atomic E-state index is 13.3. The summed E-state index contributed by atoms with van der Waals surface area (Å²) in [5.41, 5.74) is 0.111. The summed E-state index contributed by atoms with van der Waals surface area (Å²) in [4.78, 5) is 9.71. The highest BCUT2D eigenvalue weighted by atomic mass is 19.1. The van der Waals surface area contributed by atoms with E-state index in [1.165, 1.54) is 12.1 Å². The van der Waals surface area contributed by atoms with Crippen LogP contribution in [0.4, 0.5) is 10.1 Å². The maximum absolute atomic E-state index is 13.3. The van der Waals surface area contributed by atoms with E-state index in [0.29, 0.717) is 18.1 Å². The van der Waals surface area contributed by atoms with Crippen LogP contribution in [0, 0.1) is 21.8 Å². The molecule has 0 aliphatic rings. The number of rotatable bonds is 7. The Morgan fingerprint density at radius 3 is 2.78 bits per heavy atom. The average Bonchev–Trinajstić information content (AvgIpc) is 2.29. The van der Waals surface area contributed by atoms with Gasteiger partial charge >= 0.3 is 5.69 Å². The predicted octanol–water partition coefficient (Wildman–Crippen LogP) is 3.69. The molecule has 0 aliphatic carbocycles. The van der Waals surface area contributed by atoms with Crippen LogP contribution in [0.5, 0.6) is 0 Å². The van der Waals surface area contributed by atoms with Crippen LogP contribution in [0.1, 0.15) is 32.3 Å². The largest absolute Gasteiger partial charge is 0.376 e. The molecule has 0 spiro atoms. The number of nitro benzene ring substituents is 1. The molecule has 0 radical (unpaired) electrons. The summed E-state index contributed by atoms with van der Waals surface area (Å²) in [7, 11) is 0. The molecule has 1 rings (SSSR count). The third kappa shape index (κ3) is 4.41. The fourth-order valence-electron chi connectivity index (χ4n) is 1.74. The van der Waals surface area contributed by atoms with Crippen LogP contribution in [-0.2, 0) is 11.3 Å². The summed E-state index contributed by atoms with van der Waals surface area (Å²) in [5.74, 6) is -0.347. The normalized spacial score (nSPS) is 12.4. The second-order valence-corrected chi connectivity index (χ2v) is 4.45. The fourth-order valence-corrected chi connectivity index (χ4v) is 1.74. The molecule has 0 bridgehead atoms. The van der Waals surface area contributed by atoms with E-state index in [9.17, 15) is 14.5 Å². The van der Waals surface area contributed by atoms with Crippen molar-refractivity contribution in [3.05, 3.63) is 39.7 Å². The fraction of sp³-hybridized carbons (Fsp3) is 0.538. The number of benzene rings is 1. The Morgan fingerprint density at radius 1 is 1.50 bits per heavy atom. The third-order valence-electron chi connectivity index (χ3n) is 2.66. The first kappa shape index (κ1) is 14.6. The minimum Gasteiger partial charge on any atom is -0.376 e. The molecule has 0 heterocycles. The highest BCUT2D eigenvalue weighted by Gasteiger charge is 2.13. The van der Waals surface area contributed by atoms with E-state index < -0.39 is 16.4 Å². The van der Waals surface area contributed by atoms with E-state index in [4.69, 9.17) is 4.74 Å². The van der Waals surface area contributed by atoms with Crippen LogP contribution < -0.4 is 0 Å². The van der Waals surface area contributed by atoms with Crippen molar-refractivity contribution in [2.45, 2.75) is 33.3 Å². The van der Waals surface area contributed by atoms with Crippen molar-refractivity contribution >= 4 is 5.69 Å². The topological polar surface area (TPSA) is 52.4 Å². The molecule has 0 saturated carbocycles. The minimum absolute atomic E-state index is 0.281. The first-order valence-electron chi connectivity index (χ1n) is 6.05. The zero-order valence-corrected chi connectivity index (χ0v) is 10.7. The zero-order chi connectivity index (χ0) is 13.5. The van der Waals surface area contributed by atoms with Crippen molar-refractivity contribution in [2.24, 2.45) is 5.92 Å². The molecule has 1 unspecified atom stereocenters. The van der Waals surface area contributed by atoms with Gasteiger partial charge in [-0.2, -0.15) is 4.39 Å². The third-order valence-corrected chi connectivity index (χ3v) is 2.66. The minimum atomic E-state index is -0.817. The lowest BCUT2D eigenvalue weighted by Crippen LogP contribution is -2.06. The lowest BCUT2D eigenvalue weighted by molar-refractivity contribution is -0.387. The highest BCUT2D eigenvalue weighted by molar-refractivity contribution is 5.34. The molecule has 0 amide bonds. The van der Waals surface area contributed by atoms with Crippen molar-refractivity contribution in [1.29, 1.82) is 0 Å². The van der Waals surface area contributed by atoms with Gasteiger partial charge in [0, 0.05) is 12.7 Å². The molecule has 0 aliphatic heterocycles. The number of nitro groups is 1. The van der Waals surface area contributed by atoms with Crippen LogP contribution in [0.25, 0.3) is 0 Å². The van der Waals surface area contributed by atoms with Gasteiger partial charge in [-0.3, -0.25) is 10.1 Å². The van der Waals surface area contributed by atoms with Gasteiger partial charge in [-0.25, -0.2) is 0 Å². The van der Waals surface area contributed by atoms with E-state index in [-0.39, 0.29) is 6.61 Å². The monoisotopic (exact) mass is 255 g/mol. The molecule has 0 N–H and O–H groups in total. The quantitative estimate of drug-likeness (QED) is 0.551. The van der Waals surface area contributed by atoms with Crippen molar-refractivity contribution in [2.75, 3.05) is 6.61 Å². The van der Waals surface area contributed by atoms with Gasteiger partial charge in [-0.15, -0.1) is 0 Å². The Bertz CT molecular complexity index is 409. The first-order valence-corrected chi connectivity index (χ1v) is 6.05. The number of nitrogens with zero attached hydrogens (tertiary/aromatic N) is 1. The van der Waals surface area contributed by atoms with Crippen LogP contribution in [0.2, 0.25) is 0 Å². The number of ether oxygens (including phenoxy) is 1. The van der Waals surface area contributed by atoms with E-state index in [1.807, 2.05) is 0 Å². The Balaban J connectivity index is 2.49. The van der Waals surface area contributed by atoms with E-state index in [2.05, 4.69) is 13.8 Å². The van der Waals surface area contributed by atoms with Gasteiger partial charge in [0.1, 0.15) is 0 Å². The second-order valence-electron chi connectivity index (χ2n) is 4.45. The summed E-state index contributed by atoms with van der Waals surface area (Å²) in [6.07, 6.45) is 2.20. The predicted molar refractivity (Wildman–Crippen MR) is 66.8 cm³/mol. The number of halogens is 1. The molecule has 0 fully saturated rings. The Hall–Kier alpha value is -1.49. The summed E-state index contributed by atoms with van der Waals surface area (Å²) >= 11 is 0. The molecular formula is C13H18FNO3. The van der Waals surface area contributed by atoms with Gasteiger partial charge in [0.05, 0.1) is 11.5 Å².